The second-order valence-corrected chi connectivity index (χ2v) is 59.7. The average Bonchev–Trinajstić information content (AvgIpc) is 1.38. The van der Waals surface area contributed by atoms with Gasteiger partial charge in [0.1, 0.15) is 54.8 Å². The van der Waals surface area contributed by atoms with Crippen LogP contribution in [0.4, 0.5) is 0 Å². The molecule has 0 aromatic heterocycles. The van der Waals surface area contributed by atoms with Gasteiger partial charge in [-0.2, -0.15) is 0 Å². The number of carbonyl (C=O) groups excluding carboxylic acids is 3. The molecule has 6 N–H and O–H groups in total. The summed E-state index contributed by atoms with van der Waals surface area (Å²) >= 11 is 0. The van der Waals surface area contributed by atoms with E-state index in [-0.39, 0.29) is 292 Å². The minimum absolute atomic E-state index is 0. The van der Waals surface area contributed by atoms with Crippen molar-refractivity contribution in [2.45, 2.75) is 348 Å². The van der Waals surface area contributed by atoms with Gasteiger partial charge in [0.2, 0.25) is 0 Å². The van der Waals surface area contributed by atoms with E-state index in [1.165, 1.54) is 0 Å². The summed E-state index contributed by atoms with van der Waals surface area (Å²) in [4.78, 5) is 36.2. The third-order valence-electron chi connectivity index (χ3n) is 22.9. The third kappa shape index (κ3) is 19.9. The Labute approximate surface area is 759 Å². The number of nitrogens with zero attached hydrogens (tertiary/aromatic N) is 3. The second kappa shape index (κ2) is 41.4. The molecule has 9 rings (SSSR count). The van der Waals surface area contributed by atoms with Crippen molar-refractivity contribution in [3.63, 3.8) is 0 Å². The van der Waals surface area contributed by atoms with E-state index in [0.29, 0.717) is 13.2 Å². The summed E-state index contributed by atoms with van der Waals surface area (Å²) in [7, 11) is -17.9. The number of hydrogen-bond donors (Lipinski definition) is 6. The van der Waals surface area contributed by atoms with Crippen LogP contribution in [0.15, 0.2) is 24.3 Å². The molecule has 0 unspecified atom stereocenters. The van der Waals surface area contributed by atoms with Crippen molar-refractivity contribution in [1.82, 2.24) is 0 Å². The second-order valence-electron chi connectivity index (χ2n) is 33.3. The summed E-state index contributed by atoms with van der Waals surface area (Å²) in [5.74, 6) is -0.726. The van der Waals surface area contributed by atoms with E-state index in [2.05, 4.69) is 182 Å². The monoisotopic (exact) mass is 2340 g/mol. The third-order valence-corrected chi connectivity index (χ3v) is 53.6. The smallest absolute Gasteiger partial charge is 0.335 e. The zero-order chi connectivity index (χ0) is 75.5. The van der Waals surface area contributed by atoms with E-state index in [1.54, 1.807) is 18.2 Å². The van der Waals surface area contributed by atoms with Gasteiger partial charge < -0.3 is 119 Å². The number of β-lactam (4-membered cyclic amide) rings is 3. The van der Waals surface area contributed by atoms with Crippen molar-refractivity contribution in [1.29, 1.82) is 0 Å². The number of rotatable bonds is 23. The Hall–Kier alpha value is 3.81. The van der Waals surface area contributed by atoms with Crippen LogP contribution in [0.2, 0.25) is 66.5 Å². The van der Waals surface area contributed by atoms with Gasteiger partial charge in [0.15, 0.2) is 0 Å². The van der Waals surface area contributed by atoms with Crippen LogP contribution in [0.5, 0.6) is 0 Å². The SMILES string of the molecule is CC(C)[Si]1(C(C)C)O[C@@H]2[C@H](O[Si](C(C)C)(C(C)C)O1)[C@](O)(CO)C=C[C@]21CC(=O)[N-]1.CCOCOC[C@]1(O)C=C[C@]2(CC(=O)[N-]2)[C@@H]2O[Si](C(C)C)(C(C)C)O[Si](C(C)C)(C(C)C)O[C@@H]21.CCOCOC[C@]1(O)[C@H](O)[C@H](O)[C@]2(CC(=O)[N-]2)[C@@H]2O[Si](C(C)C)(C(C)C)O[Si](C(C)C)(C(C)C)O[C@@H]21.[W].[W].[W].[Y].[Y].[Y]. The molecule has 3 spiro atoms. The summed E-state index contributed by atoms with van der Waals surface area (Å²) in [5.41, 5.74) is -7.32. The van der Waals surface area contributed by atoms with E-state index in [4.69, 9.17) is 57.8 Å². The van der Waals surface area contributed by atoms with Crippen LogP contribution in [0.1, 0.15) is 199 Å². The topological polar surface area (TPSA) is 335 Å². The maximum Gasteiger partial charge on any atom is 0.335 e. The van der Waals surface area contributed by atoms with Crippen LogP contribution in [0.3, 0.4) is 0 Å². The van der Waals surface area contributed by atoms with E-state index in [1.807, 2.05) is 19.9 Å². The summed E-state index contributed by atoms with van der Waals surface area (Å²) in [5, 5.41) is 81.1. The Morgan fingerprint density at radius 1 is 0.387 bits per heavy atom. The number of aliphatic hydroxyl groups excluding tert-OH is 3. The first-order valence-corrected chi connectivity index (χ1v) is 48.8. The Morgan fingerprint density at radius 3 is 0.915 bits per heavy atom. The molecule has 605 valence electrons. The molecule has 25 nitrogen and oxygen atoms in total. The molecule has 0 bridgehead atoms. The molecule has 6 aliphatic heterocycles. The fraction of sp³-hybridized carbons (Fsp3) is 0.899. The van der Waals surface area contributed by atoms with Crippen LogP contribution >= 0.6 is 0 Å². The van der Waals surface area contributed by atoms with Gasteiger partial charge in [0, 0.05) is 175 Å². The average molecular weight is 2340 g/mol. The number of aliphatic hydroxyl groups is 6. The quantitative estimate of drug-likeness (QED) is 0.0182. The largest absolute Gasteiger partial charge is 0.644 e. The minimum Gasteiger partial charge on any atom is -0.644 e. The van der Waals surface area contributed by atoms with Gasteiger partial charge >= 0.3 is 51.4 Å². The summed E-state index contributed by atoms with van der Waals surface area (Å²) < 4.78 is 85.4. The van der Waals surface area contributed by atoms with Crippen LogP contribution in [0, 0.1) is 0 Å². The van der Waals surface area contributed by atoms with Crippen molar-refractivity contribution in [3.8, 4) is 0 Å². The Balaban J connectivity index is 0.000000776. The van der Waals surface area contributed by atoms with Gasteiger partial charge in [-0.3, -0.25) is 0 Å². The Morgan fingerprint density at radius 2 is 0.642 bits per heavy atom. The number of carbonyl (C=O) groups is 3. The predicted octanol–water partition coefficient (Wildman–Crippen LogP) is 11.1. The van der Waals surface area contributed by atoms with E-state index >= 15 is 0 Å². The van der Waals surface area contributed by atoms with Crippen LogP contribution in [0.25, 0.3) is 16.0 Å². The van der Waals surface area contributed by atoms with Gasteiger partial charge in [0.25, 0.3) is 0 Å². The minimum atomic E-state index is -3.15. The predicted molar refractivity (Wildman–Crippen MR) is 392 cm³/mol. The normalized spacial score (nSPS) is 34.5. The first-order chi connectivity index (χ1) is 46.2. The van der Waals surface area contributed by atoms with Crippen LogP contribution in [-0.4, -0.2) is 229 Å². The molecule has 14 atom stereocenters. The van der Waals surface area contributed by atoms with E-state index in [9.17, 15) is 45.0 Å². The van der Waals surface area contributed by atoms with E-state index < -0.39 is 140 Å². The fourth-order valence-corrected chi connectivity index (χ4v) is 51.0. The van der Waals surface area contributed by atoms with Crippen molar-refractivity contribution in [2.75, 3.05) is 46.6 Å². The fourth-order valence-electron chi connectivity index (χ4n) is 16.9. The molecule has 37 heteroatoms. The molecule has 0 aromatic rings. The summed E-state index contributed by atoms with van der Waals surface area (Å²) in [6.45, 7) is 54.3. The Kier molecular flexibility index (Phi) is 42.1. The number of fused-ring (bicyclic) bond motifs is 6. The number of ether oxygens (including phenoxy) is 4. The molecule has 3 radical (unpaired) electrons. The van der Waals surface area contributed by atoms with Gasteiger partial charge in [0.05, 0.1) is 62.0 Å². The van der Waals surface area contributed by atoms with Crippen LogP contribution < -0.4 is 0 Å². The molecule has 1 saturated carbocycles. The van der Waals surface area contributed by atoms with Crippen molar-refractivity contribution >= 4 is 69.1 Å². The van der Waals surface area contributed by atoms with E-state index in [0.717, 1.165) is 0 Å². The summed E-state index contributed by atoms with van der Waals surface area (Å²) in [6, 6.07) is 0. The van der Waals surface area contributed by atoms with Gasteiger partial charge in [-0.1, -0.05) is 202 Å². The molecule has 6 saturated heterocycles. The molecule has 9 aliphatic rings. The first kappa shape index (κ1) is 108. The molecule has 106 heavy (non-hydrogen) atoms. The molecule has 6 heterocycles. The van der Waals surface area contributed by atoms with Gasteiger partial charge in [-0.05, 0) is 105 Å². The summed E-state index contributed by atoms with van der Waals surface area (Å²) in [6.07, 6.45) is -1.21. The van der Waals surface area contributed by atoms with Crippen molar-refractivity contribution in [2.24, 2.45) is 0 Å². The van der Waals surface area contributed by atoms with Crippen LogP contribution in [-0.2, 0) is 234 Å². The standard InChI is InChI=1S/C24H47NO9Si2.C24H45NO7Si2.C21H39NO6Si2.3W.3Y/c1-10-30-13-31-12-24(29)20(28)19(27)23(11-18(26)25-23)21-22(24)33-36(16(6)7,17(8)9)34-35(32-21,14(2)3)15(4)5;1-10-28-15-29-14-24(27)12-11-23(13-20(26)25-23)21-22(24)31-34(18(6)7,19(8)9)32-33(30-21,16(2)3)17(4)5;1-13(2)29(14(3)4)26-18-19(27-30(28-29,15(5)6)16(7)8)21(25,12-23)10-9-20(18)11-17(24)22-20;;;;;;/h14-17,19-22,27-29H,10-13H2,1-9H3,(H,25,26);11-12,16-19,21-22,27H,10,13-15H2,1-9H3,(H,25,26);9-10,13-16,18-19,23,25H,11-12H2,1-8H3,(H,22,24);;;;;;/p-3/t19-,20+,21+,22-,23+,24-;21-,22+,23+,24-;18-,19+,20+,21-;;;;;;/m011....../s1. The zero-order valence-electron chi connectivity index (χ0n) is 67.9. The molecule has 3 aliphatic carbocycles. The Bertz CT molecular complexity index is 2830. The number of amides is 3. The maximum absolute atomic E-state index is 12.2. The molecular formula is C69H128N3O22Si6W3Y3-3. The maximum atomic E-state index is 12.2. The molecular weight excluding hydrogens is 2210 g/mol. The van der Waals surface area contributed by atoms with Gasteiger partial charge in [-0.25, -0.2) is 0 Å². The van der Waals surface area contributed by atoms with Gasteiger partial charge in [-0.15, -0.1) is 0 Å². The molecule has 7 fully saturated rings. The van der Waals surface area contributed by atoms with Crippen molar-refractivity contribution in [3.05, 3.63) is 40.3 Å². The molecule has 0 aromatic carbocycles. The molecule has 3 amide bonds. The zero-order valence-corrected chi connectivity index (χ0v) is 91.3. The number of hydrogen-bond acceptors (Lipinski definition) is 22. The van der Waals surface area contributed by atoms with Crippen molar-refractivity contribution < 1.29 is 264 Å². The first-order valence-electron chi connectivity index (χ1n) is 37.0.